The van der Waals surface area contributed by atoms with Crippen molar-refractivity contribution in [2.45, 2.75) is 6.92 Å². The normalized spacial score (nSPS) is 10.1. The SMILES string of the molecule is Cc1cncc(NC(=O)c2cc(N)cc(F)c2)c1. The van der Waals surface area contributed by atoms with Crippen molar-refractivity contribution >= 4 is 17.3 Å². The highest BCUT2D eigenvalue weighted by atomic mass is 19.1. The number of rotatable bonds is 2. The molecule has 0 radical (unpaired) electrons. The molecule has 1 heterocycles. The lowest BCUT2D eigenvalue weighted by Gasteiger charge is -2.06. The molecule has 2 aromatic rings. The summed E-state index contributed by atoms with van der Waals surface area (Å²) in [7, 11) is 0. The lowest BCUT2D eigenvalue weighted by molar-refractivity contribution is 0.102. The minimum Gasteiger partial charge on any atom is -0.399 e. The molecule has 0 aliphatic heterocycles. The lowest BCUT2D eigenvalue weighted by atomic mass is 10.2. The molecule has 92 valence electrons. The average Bonchev–Trinajstić information content (AvgIpc) is 2.27. The number of carbonyl (C=O) groups excluding carboxylic acids is 1. The van der Waals surface area contributed by atoms with Gasteiger partial charge in [0.25, 0.3) is 5.91 Å². The van der Waals surface area contributed by atoms with Crippen LogP contribution < -0.4 is 11.1 Å². The maximum Gasteiger partial charge on any atom is 0.255 e. The first-order chi connectivity index (χ1) is 8.54. The number of pyridine rings is 1. The second kappa shape index (κ2) is 4.83. The molecule has 0 saturated heterocycles. The third-order valence-electron chi connectivity index (χ3n) is 2.32. The van der Waals surface area contributed by atoms with E-state index in [9.17, 15) is 9.18 Å². The summed E-state index contributed by atoms with van der Waals surface area (Å²) in [6.45, 7) is 1.86. The van der Waals surface area contributed by atoms with Gasteiger partial charge >= 0.3 is 0 Å². The van der Waals surface area contributed by atoms with Crippen molar-refractivity contribution in [2.24, 2.45) is 0 Å². The van der Waals surface area contributed by atoms with Gasteiger partial charge in [-0.15, -0.1) is 0 Å². The second-order valence-corrected chi connectivity index (χ2v) is 3.98. The number of nitrogen functional groups attached to an aromatic ring is 1. The van der Waals surface area contributed by atoms with Crippen LogP contribution in [0, 0.1) is 12.7 Å². The van der Waals surface area contributed by atoms with Crippen LogP contribution in [0.15, 0.2) is 36.7 Å². The van der Waals surface area contributed by atoms with Crippen LogP contribution in [0.2, 0.25) is 0 Å². The Hall–Kier alpha value is -2.43. The number of amides is 1. The second-order valence-electron chi connectivity index (χ2n) is 3.98. The van der Waals surface area contributed by atoms with Gasteiger partial charge < -0.3 is 11.1 Å². The van der Waals surface area contributed by atoms with Gasteiger partial charge in [-0.05, 0) is 36.8 Å². The molecule has 0 bridgehead atoms. The number of hydrogen-bond acceptors (Lipinski definition) is 3. The van der Waals surface area contributed by atoms with E-state index in [1.807, 2.05) is 6.92 Å². The monoisotopic (exact) mass is 245 g/mol. The number of hydrogen-bond donors (Lipinski definition) is 2. The fourth-order valence-electron chi connectivity index (χ4n) is 1.57. The third kappa shape index (κ3) is 2.82. The van der Waals surface area contributed by atoms with E-state index in [4.69, 9.17) is 5.73 Å². The predicted octanol–water partition coefficient (Wildman–Crippen LogP) is 2.36. The molecule has 0 saturated carbocycles. The van der Waals surface area contributed by atoms with Crippen LogP contribution in [-0.4, -0.2) is 10.9 Å². The lowest BCUT2D eigenvalue weighted by Crippen LogP contribution is -2.12. The van der Waals surface area contributed by atoms with E-state index >= 15 is 0 Å². The molecule has 0 aliphatic carbocycles. The zero-order chi connectivity index (χ0) is 13.1. The number of nitrogens with zero attached hydrogens (tertiary/aromatic N) is 1. The Kier molecular flexibility index (Phi) is 3.23. The van der Waals surface area contributed by atoms with Crippen molar-refractivity contribution in [1.29, 1.82) is 0 Å². The van der Waals surface area contributed by atoms with E-state index < -0.39 is 11.7 Å². The van der Waals surface area contributed by atoms with Gasteiger partial charge in [-0.25, -0.2) is 4.39 Å². The number of halogens is 1. The topological polar surface area (TPSA) is 68.0 Å². The standard InChI is InChI=1S/C13H12FN3O/c1-8-2-12(7-16-6-8)17-13(18)9-3-10(14)5-11(15)4-9/h2-7H,15H2,1H3,(H,17,18). The van der Waals surface area contributed by atoms with Crippen molar-refractivity contribution in [2.75, 3.05) is 11.1 Å². The summed E-state index contributed by atoms with van der Waals surface area (Å²) in [5.41, 5.74) is 7.35. The van der Waals surface area contributed by atoms with Crippen molar-refractivity contribution < 1.29 is 9.18 Å². The maximum atomic E-state index is 13.1. The molecule has 1 amide bonds. The van der Waals surface area contributed by atoms with E-state index in [2.05, 4.69) is 10.3 Å². The van der Waals surface area contributed by atoms with Crippen molar-refractivity contribution in [3.05, 3.63) is 53.6 Å². The van der Waals surface area contributed by atoms with Crippen LogP contribution in [0.1, 0.15) is 15.9 Å². The molecule has 0 fully saturated rings. The summed E-state index contributed by atoms with van der Waals surface area (Å²) in [6, 6.07) is 5.48. The number of carbonyl (C=O) groups is 1. The minimum absolute atomic E-state index is 0.175. The Morgan fingerprint density at radius 2 is 2.06 bits per heavy atom. The highest BCUT2D eigenvalue weighted by molar-refractivity contribution is 6.04. The van der Waals surface area contributed by atoms with Gasteiger partial charge in [0, 0.05) is 17.4 Å². The van der Waals surface area contributed by atoms with Crippen LogP contribution >= 0.6 is 0 Å². The Morgan fingerprint density at radius 1 is 1.28 bits per heavy atom. The fraction of sp³-hybridized carbons (Fsp3) is 0.0769. The zero-order valence-electron chi connectivity index (χ0n) is 9.77. The molecule has 0 spiro atoms. The van der Waals surface area contributed by atoms with Gasteiger partial charge in [0.1, 0.15) is 5.82 Å². The third-order valence-corrected chi connectivity index (χ3v) is 2.32. The van der Waals surface area contributed by atoms with Crippen molar-refractivity contribution in [1.82, 2.24) is 4.98 Å². The van der Waals surface area contributed by atoms with Crippen LogP contribution in [-0.2, 0) is 0 Å². The van der Waals surface area contributed by atoms with Gasteiger partial charge in [0.05, 0.1) is 11.9 Å². The molecule has 5 heteroatoms. The van der Waals surface area contributed by atoms with Crippen LogP contribution in [0.4, 0.5) is 15.8 Å². The summed E-state index contributed by atoms with van der Waals surface area (Å²) < 4.78 is 13.1. The molecular weight excluding hydrogens is 233 g/mol. The van der Waals surface area contributed by atoms with Gasteiger partial charge in [-0.3, -0.25) is 9.78 Å². The molecule has 0 aliphatic rings. The number of benzene rings is 1. The van der Waals surface area contributed by atoms with E-state index in [-0.39, 0.29) is 11.3 Å². The predicted molar refractivity (Wildman–Crippen MR) is 67.7 cm³/mol. The Morgan fingerprint density at radius 3 is 2.72 bits per heavy atom. The first kappa shape index (κ1) is 12.0. The molecule has 0 atom stereocenters. The highest BCUT2D eigenvalue weighted by Crippen LogP contribution is 2.14. The summed E-state index contributed by atoms with van der Waals surface area (Å²) in [4.78, 5) is 15.8. The largest absolute Gasteiger partial charge is 0.399 e. The van der Waals surface area contributed by atoms with E-state index in [0.29, 0.717) is 5.69 Å². The molecule has 3 N–H and O–H groups in total. The van der Waals surface area contributed by atoms with Gasteiger partial charge in [0.15, 0.2) is 0 Å². The number of anilines is 2. The Labute approximate surface area is 104 Å². The number of aromatic nitrogens is 1. The van der Waals surface area contributed by atoms with Crippen LogP contribution in [0.3, 0.4) is 0 Å². The number of aryl methyl sites for hydroxylation is 1. The summed E-state index contributed by atoms with van der Waals surface area (Å²) in [5, 5.41) is 2.63. The molecule has 1 aromatic carbocycles. The van der Waals surface area contributed by atoms with Gasteiger partial charge in [-0.2, -0.15) is 0 Å². The smallest absolute Gasteiger partial charge is 0.255 e. The highest BCUT2D eigenvalue weighted by Gasteiger charge is 2.08. The summed E-state index contributed by atoms with van der Waals surface area (Å²) in [5.74, 6) is -0.962. The van der Waals surface area contributed by atoms with Gasteiger partial charge in [0.2, 0.25) is 0 Å². The zero-order valence-corrected chi connectivity index (χ0v) is 9.77. The van der Waals surface area contributed by atoms with Crippen LogP contribution in [0.5, 0.6) is 0 Å². The number of nitrogens with two attached hydrogens (primary N) is 1. The quantitative estimate of drug-likeness (QED) is 0.798. The molecule has 4 nitrogen and oxygen atoms in total. The molecule has 1 aromatic heterocycles. The van der Waals surface area contributed by atoms with E-state index in [1.54, 1.807) is 12.3 Å². The van der Waals surface area contributed by atoms with E-state index in [0.717, 1.165) is 17.7 Å². The fourth-order valence-corrected chi connectivity index (χ4v) is 1.57. The molecule has 18 heavy (non-hydrogen) atoms. The molecule has 0 unspecified atom stereocenters. The first-order valence-electron chi connectivity index (χ1n) is 5.33. The maximum absolute atomic E-state index is 13.1. The van der Waals surface area contributed by atoms with Crippen molar-refractivity contribution in [3.8, 4) is 0 Å². The first-order valence-corrected chi connectivity index (χ1v) is 5.33. The van der Waals surface area contributed by atoms with E-state index in [1.165, 1.54) is 12.3 Å². The average molecular weight is 245 g/mol. The Bertz CT molecular complexity index is 578. The minimum atomic E-state index is -0.539. The molecular formula is C13H12FN3O. The number of nitrogens with one attached hydrogen (secondary N) is 1. The molecule has 2 rings (SSSR count). The summed E-state index contributed by atoms with van der Waals surface area (Å²) in [6.07, 6.45) is 3.20. The van der Waals surface area contributed by atoms with Crippen molar-refractivity contribution in [3.63, 3.8) is 0 Å². The van der Waals surface area contributed by atoms with Gasteiger partial charge in [-0.1, -0.05) is 0 Å². The Balaban J connectivity index is 2.22. The van der Waals surface area contributed by atoms with Crippen LogP contribution in [0.25, 0.3) is 0 Å². The summed E-state index contributed by atoms with van der Waals surface area (Å²) >= 11 is 0.